The van der Waals surface area contributed by atoms with E-state index in [1.54, 1.807) is 30.3 Å². The number of carbonyl (C=O) groups excluding carboxylic acids is 2. The van der Waals surface area contributed by atoms with Gasteiger partial charge in [0.15, 0.2) is 6.61 Å². The van der Waals surface area contributed by atoms with Gasteiger partial charge in [-0.05, 0) is 43.0 Å². The van der Waals surface area contributed by atoms with Crippen molar-refractivity contribution in [1.82, 2.24) is 0 Å². The Kier molecular flexibility index (Phi) is 6.43. The number of carbonyl (C=O) groups is 2. The van der Waals surface area contributed by atoms with Gasteiger partial charge in [0.25, 0.3) is 11.6 Å². The van der Waals surface area contributed by atoms with Crippen LogP contribution in [0.4, 0.5) is 17.1 Å². The van der Waals surface area contributed by atoms with Crippen LogP contribution in [0.2, 0.25) is 0 Å². The first-order chi connectivity index (χ1) is 13.9. The third kappa shape index (κ3) is 5.31. The van der Waals surface area contributed by atoms with Crippen molar-refractivity contribution in [3.63, 3.8) is 0 Å². The van der Waals surface area contributed by atoms with Crippen molar-refractivity contribution in [1.29, 1.82) is 0 Å². The van der Waals surface area contributed by atoms with Crippen molar-refractivity contribution in [2.75, 3.05) is 29.9 Å². The second-order valence-electron chi connectivity index (χ2n) is 7.14. The van der Waals surface area contributed by atoms with Gasteiger partial charge in [0.2, 0.25) is 0 Å². The molecule has 0 aliphatic carbocycles. The Labute approximate surface area is 168 Å². The maximum Gasteiger partial charge on any atom is 0.338 e. The minimum absolute atomic E-state index is 0.0398. The Bertz CT molecular complexity index is 900. The maximum atomic E-state index is 12.3. The summed E-state index contributed by atoms with van der Waals surface area (Å²) in [4.78, 5) is 37.2. The Hall–Kier alpha value is -3.42. The summed E-state index contributed by atoms with van der Waals surface area (Å²) in [6, 6.07) is 13.1. The molecule has 3 rings (SSSR count). The number of nitro benzene ring substituents is 1. The molecule has 0 radical (unpaired) electrons. The number of anilines is 2. The fraction of sp³-hybridized carbons (Fsp3) is 0.333. The quantitative estimate of drug-likeness (QED) is 0.454. The summed E-state index contributed by atoms with van der Waals surface area (Å²) in [7, 11) is 0. The lowest BCUT2D eigenvalue weighted by atomic mass is 9.99. The van der Waals surface area contributed by atoms with E-state index in [0.717, 1.165) is 25.9 Å². The summed E-state index contributed by atoms with van der Waals surface area (Å²) < 4.78 is 5.01. The van der Waals surface area contributed by atoms with Crippen LogP contribution < -0.4 is 10.2 Å². The van der Waals surface area contributed by atoms with Gasteiger partial charge in [0.1, 0.15) is 5.69 Å². The van der Waals surface area contributed by atoms with Crippen LogP contribution in [0.1, 0.15) is 30.1 Å². The number of nitrogens with one attached hydrogen (secondary N) is 1. The highest BCUT2D eigenvalue weighted by molar-refractivity contribution is 5.96. The Morgan fingerprint density at radius 3 is 2.69 bits per heavy atom. The first-order valence-electron chi connectivity index (χ1n) is 9.49. The molecule has 8 nitrogen and oxygen atoms in total. The average Bonchev–Trinajstić information content (AvgIpc) is 2.72. The van der Waals surface area contributed by atoms with E-state index in [9.17, 15) is 19.7 Å². The van der Waals surface area contributed by atoms with Crippen LogP contribution in [-0.4, -0.2) is 36.5 Å². The molecule has 152 valence electrons. The summed E-state index contributed by atoms with van der Waals surface area (Å²) in [6.07, 6.45) is 2.07. The lowest BCUT2D eigenvalue weighted by molar-refractivity contribution is -0.384. The molecular formula is C21H23N3O5. The molecule has 1 aliphatic heterocycles. The Balaban J connectivity index is 1.66. The number of rotatable bonds is 6. The zero-order valence-corrected chi connectivity index (χ0v) is 16.2. The van der Waals surface area contributed by atoms with Crippen molar-refractivity contribution in [3.05, 3.63) is 64.2 Å². The molecular weight excluding hydrogens is 374 g/mol. The number of ether oxygens (including phenoxy) is 1. The van der Waals surface area contributed by atoms with E-state index in [-0.39, 0.29) is 11.3 Å². The third-order valence-corrected chi connectivity index (χ3v) is 4.80. The number of benzene rings is 2. The molecule has 1 heterocycles. The minimum Gasteiger partial charge on any atom is -0.452 e. The van der Waals surface area contributed by atoms with Gasteiger partial charge in [0.05, 0.1) is 10.5 Å². The Morgan fingerprint density at radius 2 is 2.00 bits per heavy atom. The zero-order valence-electron chi connectivity index (χ0n) is 16.2. The van der Waals surface area contributed by atoms with Crippen molar-refractivity contribution in [3.8, 4) is 0 Å². The Morgan fingerprint density at radius 1 is 1.24 bits per heavy atom. The molecule has 1 unspecified atom stereocenters. The normalized spacial score (nSPS) is 16.2. The number of esters is 1. The average molecular weight is 397 g/mol. The van der Waals surface area contributed by atoms with Crippen LogP contribution in [0, 0.1) is 16.0 Å². The number of amides is 1. The smallest absolute Gasteiger partial charge is 0.338 e. The second kappa shape index (κ2) is 9.18. The molecule has 1 amide bonds. The van der Waals surface area contributed by atoms with E-state index in [1.165, 1.54) is 12.1 Å². The molecule has 1 saturated heterocycles. The largest absolute Gasteiger partial charge is 0.452 e. The van der Waals surface area contributed by atoms with Gasteiger partial charge < -0.3 is 15.0 Å². The van der Waals surface area contributed by atoms with Gasteiger partial charge >= 0.3 is 5.97 Å². The number of para-hydroxylation sites is 1. The van der Waals surface area contributed by atoms with E-state index < -0.39 is 23.4 Å². The third-order valence-electron chi connectivity index (χ3n) is 4.80. The number of hydrogen-bond acceptors (Lipinski definition) is 6. The first kappa shape index (κ1) is 20.3. The molecule has 29 heavy (non-hydrogen) atoms. The predicted octanol–water partition coefficient (Wildman–Crippen LogP) is 3.63. The van der Waals surface area contributed by atoms with Gasteiger partial charge in [0, 0.05) is 24.8 Å². The fourth-order valence-electron chi connectivity index (χ4n) is 3.41. The van der Waals surface area contributed by atoms with E-state index in [2.05, 4.69) is 12.2 Å². The van der Waals surface area contributed by atoms with E-state index in [4.69, 9.17) is 4.74 Å². The highest BCUT2D eigenvalue weighted by Crippen LogP contribution is 2.32. The predicted molar refractivity (Wildman–Crippen MR) is 109 cm³/mol. The second-order valence-corrected chi connectivity index (χ2v) is 7.14. The number of piperidine rings is 1. The maximum absolute atomic E-state index is 12.3. The molecule has 2 aromatic rings. The van der Waals surface area contributed by atoms with Crippen molar-refractivity contribution >= 4 is 28.9 Å². The lowest BCUT2D eigenvalue weighted by Crippen LogP contribution is -2.34. The van der Waals surface area contributed by atoms with Crippen LogP contribution in [0.5, 0.6) is 0 Å². The monoisotopic (exact) mass is 397 g/mol. The van der Waals surface area contributed by atoms with Gasteiger partial charge in [-0.2, -0.15) is 0 Å². The fourth-order valence-corrected chi connectivity index (χ4v) is 3.41. The summed E-state index contributed by atoms with van der Waals surface area (Å²) in [5.41, 5.74) is 0.990. The van der Waals surface area contributed by atoms with Crippen LogP contribution >= 0.6 is 0 Å². The number of nitrogens with zero attached hydrogens (tertiary/aromatic N) is 2. The summed E-state index contributed by atoms with van der Waals surface area (Å²) in [6.45, 7) is 3.12. The molecule has 0 saturated carbocycles. The molecule has 0 bridgehead atoms. The summed E-state index contributed by atoms with van der Waals surface area (Å²) in [5.74, 6) is -0.816. The lowest BCUT2D eigenvalue weighted by Gasteiger charge is -2.32. The topological polar surface area (TPSA) is 102 Å². The van der Waals surface area contributed by atoms with Gasteiger partial charge in [-0.15, -0.1) is 0 Å². The van der Waals surface area contributed by atoms with Crippen molar-refractivity contribution in [2.45, 2.75) is 19.8 Å². The van der Waals surface area contributed by atoms with Crippen LogP contribution in [0.3, 0.4) is 0 Å². The minimum atomic E-state index is -0.783. The summed E-state index contributed by atoms with van der Waals surface area (Å²) >= 11 is 0. The van der Waals surface area contributed by atoms with Crippen LogP contribution in [0.15, 0.2) is 48.5 Å². The molecule has 1 N–H and O–H groups in total. The van der Waals surface area contributed by atoms with Crippen molar-refractivity contribution < 1.29 is 19.2 Å². The van der Waals surface area contributed by atoms with Gasteiger partial charge in [-0.3, -0.25) is 14.9 Å². The van der Waals surface area contributed by atoms with Gasteiger partial charge in [-0.1, -0.05) is 25.1 Å². The van der Waals surface area contributed by atoms with Crippen molar-refractivity contribution in [2.24, 2.45) is 5.92 Å². The van der Waals surface area contributed by atoms with Gasteiger partial charge in [-0.25, -0.2) is 4.79 Å². The standard InChI is InChI=1S/C21H23N3O5/c1-15-6-5-11-23(13-15)18-10-9-16(12-19(18)24(27)28)21(26)29-14-20(25)22-17-7-3-2-4-8-17/h2-4,7-10,12,15H,5-6,11,13-14H2,1H3,(H,22,25). The molecule has 8 heteroatoms. The molecule has 0 aromatic heterocycles. The molecule has 1 aliphatic rings. The number of hydrogen-bond donors (Lipinski definition) is 1. The highest BCUT2D eigenvalue weighted by atomic mass is 16.6. The van der Waals surface area contributed by atoms with E-state index >= 15 is 0 Å². The first-order valence-corrected chi connectivity index (χ1v) is 9.49. The molecule has 0 spiro atoms. The van der Waals surface area contributed by atoms with E-state index in [1.807, 2.05) is 11.0 Å². The zero-order chi connectivity index (χ0) is 20.8. The molecule has 1 fully saturated rings. The highest BCUT2D eigenvalue weighted by Gasteiger charge is 2.25. The summed E-state index contributed by atoms with van der Waals surface area (Å²) in [5, 5.41) is 14.2. The molecule has 1 atom stereocenters. The number of nitro groups is 1. The van der Waals surface area contributed by atoms with Crippen LogP contribution in [-0.2, 0) is 9.53 Å². The van der Waals surface area contributed by atoms with Crippen LogP contribution in [0.25, 0.3) is 0 Å². The molecule has 2 aromatic carbocycles. The van der Waals surface area contributed by atoms with E-state index in [0.29, 0.717) is 17.3 Å². The SMILES string of the molecule is CC1CCCN(c2ccc(C(=O)OCC(=O)Nc3ccccc3)cc2[N+](=O)[O-])C1.